The number of esters is 3. The Hall–Kier alpha value is -1.85. The van der Waals surface area contributed by atoms with Crippen LogP contribution in [0.15, 0.2) is 12.2 Å². The summed E-state index contributed by atoms with van der Waals surface area (Å²) < 4.78 is 17.6. The molecule has 5 saturated carbocycles. The molecule has 0 aromatic rings. The van der Waals surface area contributed by atoms with Gasteiger partial charge >= 0.3 is 17.9 Å². The fourth-order valence-electron chi connectivity index (χ4n) is 12.5. The lowest BCUT2D eigenvalue weighted by Crippen LogP contribution is -2.69. The number of carbonyl (C=O) groups excluding carboxylic acids is 3. The molecule has 11 atom stereocenters. The van der Waals surface area contributed by atoms with Crippen LogP contribution >= 0.6 is 0 Å². The Bertz CT molecular complexity index is 1130. The monoisotopic (exact) mass is 570 g/mol. The molecule has 5 fully saturated rings. The van der Waals surface area contributed by atoms with Crippen LogP contribution < -0.4 is 0 Å². The molecule has 230 valence electrons. The lowest BCUT2D eigenvalue weighted by Gasteiger charge is -2.73. The second-order valence-corrected chi connectivity index (χ2v) is 16.0. The largest absolute Gasteiger partial charge is 0.468 e. The van der Waals surface area contributed by atoms with Crippen LogP contribution in [0.1, 0.15) is 113 Å². The molecule has 0 heterocycles. The molecule has 0 spiro atoms. The van der Waals surface area contributed by atoms with E-state index in [1.807, 2.05) is 0 Å². The molecule has 0 saturated heterocycles. The Labute approximate surface area is 247 Å². The van der Waals surface area contributed by atoms with E-state index in [0.717, 1.165) is 50.5 Å². The van der Waals surface area contributed by atoms with Crippen molar-refractivity contribution < 1.29 is 28.6 Å². The van der Waals surface area contributed by atoms with Gasteiger partial charge in [-0.2, -0.15) is 0 Å². The van der Waals surface area contributed by atoms with E-state index in [2.05, 4.69) is 48.1 Å². The first-order chi connectivity index (χ1) is 19.0. The number of carbonyl (C=O) groups is 3. The molecule has 0 bridgehead atoms. The Morgan fingerprint density at radius 2 is 1.37 bits per heavy atom. The highest BCUT2D eigenvalue weighted by atomic mass is 16.6. The maximum absolute atomic E-state index is 13.8. The summed E-state index contributed by atoms with van der Waals surface area (Å²) in [5.74, 6) is 0.826. The van der Waals surface area contributed by atoms with Crippen molar-refractivity contribution in [3.05, 3.63) is 12.2 Å². The maximum Gasteiger partial charge on any atom is 0.315 e. The van der Waals surface area contributed by atoms with Gasteiger partial charge in [0, 0.05) is 19.3 Å². The average Bonchev–Trinajstić information content (AvgIpc) is 3.27. The van der Waals surface area contributed by atoms with E-state index in [0.29, 0.717) is 30.6 Å². The predicted molar refractivity (Wildman–Crippen MR) is 157 cm³/mol. The normalized spacial score (nSPS) is 48.0. The minimum atomic E-state index is -0.817. The molecule has 6 heteroatoms. The molecular weight excluding hydrogens is 516 g/mol. The van der Waals surface area contributed by atoms with E-state index < -0.39 is 11.5 Å². The number of methoxy groups -OCH3 is 1. The number of ether oxygens (including phenoxy) is 3. The third kappa shape index (κ3) is 4.04. The second-order valence-electron chi connectivity index (χ2n) is 16.0. The molecule has 0 amide bonds. The zero-order valence-electron chi connectivity index (χ0n) is 27.1. The first-order valence-corrected chi connectivity index (χ1v) is 16.1. The van der Waals surface area contributed by atoms with Crippen molar-refractivity contribution in [2.24, 2.45) is 56.7 Å². The van der Waals surface area contributed by atoms with Gasteiger partial charge in [-0.05, 0) is 111 Å². The lowest BCUT2D eigenvalue weighted by atomic mass is 9.32. The second kappa shape index (κ2) is 9.84. The van der Waals surface area contributed by atoms with E-state index in [4.69, 9.17) is 14.2 Å². The average molecular weight is 571 g/mol. The SMILES string of the molecule is C=C(C)[C@@H]1CC[C@@]2(C(=O)OC)[C@@H]1[C@@H]1CC[C@H]3C4(C)CC[C@@H](OC(C)=O)C(C)(C)[C@H]4CCC3(C)C1(C)C[C@@H]2OC(C)=O. The number of allylic oxidation sites excluding steroid dienone is 1. The van der Waals surface area contributed by atoms with Gasteiger partial charge in [-0.3, -0.25) is 14.4 Å². The van der Waals surface area contributed by atoms with E-state index in [9.17, 15) is 14.4 Å². The van der Waals surface area contributed by atoms with E-state index >= 15 is 0 Å². The maximum atomic E-state index is 13.8. The highest BCUT2D eigenvalue weighted by Gasteiger charge is 2.75. The van der Waals surface area contributed by atoms with E-state index in [1.54, 1.807) is 0 Å². The first-order valence-electron chi connectivity index (χ1n) is 16.1. The third-order valence-corrected chi connectivity index (χ3v) is 14.2. The van der Waals surface area contributed by atoms with Gasteiger partial charge in [-0.1, -0.05) is 46.8 Å². The van der Waals surface area contributed by atoms with Crippen LogP contribution in [-0.2, 0) is 28.6 Å². The van der Waals surface area contributed by atoms with E-state index in [1.165, 1.54) is 21.0 Å². The molecule has 0 aliphatic heterocycles. The predicted octanol–water partition coefficient (Wildman–Crippen LogP) is 7.29. The molecular formula is C35H54O6. The summed E-state index contributed by atoms with van der Waals surface area (Å²) in [7, 11) is 1.48. The van der Waals surface area contributed by atoms with Crippen LogP contribution in [0.25, 0.3) is 0 Å². The van der Waals surface area contributed by atoms with Gasteiger partial charge in [0.05, 0.1) is 7.11 Å². The van der Waals surface area contributed by atoms with Gasteiger partial charge in [0.25, 0.3) is 0 Å². The van der Waals surface area contributed by atoms with E-state index in [-0.39, 0.29) is 57.5 Å². The Kier molecular flexibility index (Phi) is 7.34. The third-order valence-electron chi connectivity index (χ3n) is 14.2. The zero-order valence-corrected chi connectivity index (χ0v) is 27.1. The first kappa shape index (κ1) is 30.6. The summed E-state index contributed by atoms with van der Waals surface area (Å²) in [6, 6.07) is 0. The van der Waals surface area contributed by atoms with Crippen molar-refractivity contribution in [3.63, 3.8) is 0 Å². The standard InChI is InChI=1S/C35H54O6/c1-20(2)23-13-18-35(30(38)39-10)28(41-22(4)37)19-34(9)24(29(23)35)11-12-26-32(7)16-15-27(40-21(3)36)31(5,6)25(32)14-17-33(26,34)8/h23-29H,1,11-19H2,2-10H3/t23-,24-,25+,26-,27+,28-,29-,32?,33?,34?,35-/m0/s1. The van der Waals surface area contributed by atoms with Crippen molar-refractivity contribution in [2.75, 3.05) is 7.11 Å². The summed E-state index contributed by atoms with van der Waals surface area (Å²) in [6.07, 6.45) is 8.02. The number of hydrogen-bond donors (Lipinski definition) is 0. The fraction of sp³-hybridized carbons (Fsp3) is 0.857. The van der Waals surface area contributed by atoms with Gasteiger partial charge in [0.1, 0.15) is 17.6 Å². The molecule has 0 aromatic carbocycles. The van der Waals surface area contributed by atoms with Crippen LogP contribution in [0.5, 0.6) is 0 Å². The summed E-state index contributed by atoms with van der Waals surface area (Å²) in [6.45, 7) is 21.7. The summed E-state index contributed by atoms with van der Waals surface area (Å²) in [5, 5.41) is 0. The fourth-order valence-corrected chi connectivity index (χ4v) is 12.5. The molecule has 5 rings (SSSR count). The van der Waals surface area contributed by atoms with Crippen LogP contribution in [0.2, 0.25) is 0 Å². The van der Waals surface area contributed by atoms with Crippen LogP contribution in [-0.4, -0.2) is 37.2 Å². The van der Waals surface area contributed by atoms with Crippen molar-refractivity contribution in [3.8, 4) is 0 Å². The smallest absolute Gasteiger partial charge is 0.315 e. The van der Waals surface area contributed by atoms with Crippen molar-refractivity contribution >= 4 is 17.9 Å². The Balaban J connectivity index is 1.60. The summed E-state index contributed by atoms with van der Waals surface area (Å²) in [5.41, 5.74) is 0.248. The highest BCUT2D eigenvalue weighted by Crippen LogP contribution is 2.78. The molecule has 6 nitrogen and oxygen atoms in total. The van der Waals surface area contributed by atoms with Crippen molar-refractivity contribution in [1.29, 1.82) is 0 Å². The van der Waals surface area contributed by atoms with Crippen LogP contribution in [0.3, 0.4) is 0 Å². The molecule has 41 heavy (non-hydrogen) atoms. The molecule has 5 aliphatic rings. The Morgan fingerprint density at radius 3 is 1.95 bits per heavy atom. The van der Waals surface area contributed by atoms with Gasteiger partial charge in [0.15, 0.2) is 0 Å². The van der Waals surface area contributed by atoms with Gasteiger partial charge < -0.3 is 14.2 Å². The van der Waals surface area contributed by atoms with Crippen molar-refractivity contribution in [1.82, 2.24) is 0 Å². The van der Waals surface area contributed by atoms with Gasteiger partial charge in [-0.25, -0.2) is 0 Å². The highest BCUT2D eigenvalue weighted by molar-refractivity contribution is 5.80. The number of hydrogen-bond acceptors (Lipinski definition) is 6. The number of rotatable bonds is 4. The van der Waals surface area contributed by atoms with Crippen LogP contribution in [0, 0.1) is 56.7 Å². The lowest BCUT2D eigenvalue weighted by molar-refractivity contribution is -0.266. The summed E-state index contributed by atoms with van der Waals surface area (Å²) >= 11 is 0. The molecule has 0 N–H and O–H groups in total. The molecule has 5 aliphatic carbocycles. The Morgan fingerprint density at radius 1 is 0.732 bits per heavy atom. The quantitative estimate of drug-likeness (QED) is 0.201. The summed E-state index contributed by atoms with van der Waals surface area (Å²) in [4.78, 5) is 38.4. The molecule has 3 unspecified atom stereocenters. The minimum absolute atomic E-state index is 0.0222. The van der Waals surface area contributed by atoms with Gasteiger partial charge in [-0.15, -0.1) is 0 Å². The molecule has 0 aromatic heterocycles. The van der Waals surface area contributed by atoms with Gasteiger partial charge in [0.2, 0.25) is 0 Å². The van der Waals surface area contributed by atoms with Crippen LogP contribution in [0.4, 0.5) is 0 Å². The number of fused-ring (bicyclic) bond motifs is 7. The minimum Gasteiger partial charge on any atom is -0.468 e. The van der Waals surface area contributed by atoms with Crippen molar-refractivity contribution in [2.45, 2.75) is 125 Å². The zero-order chi connectivity index (χ0) is 30.3. The molecule has 0 radical (unpaired) electrons. The topological polar surface area (TPSA) is 78.9 Å².